The van der Waals surface area contributed by atoms with Gasteiger partial charge in [0.1, 0.15) is 5.82 Å². The van der Waals surface area contributed by atoms with Gasteiger partial charge in [-0.15, -0.1) is 0 Å². The second kappa shape index (κ2) is 6.85. The molecule has 0 heterocycles. The summed E-state index contributed by atoms with van der Waals surface area (Å²) in [5.74, 6) is -0.643. The summed E-state index contributed by atoms with van der Waals surface area (Å²) < 4.78 is 19.1. The summed E-state index contributed by atoms with van der Waals surface area (Å²) in [5.41, 5.74) is 1.99. The van der Waals surface area contributed by atoms with Crippen LogP contribution >= 0.6 is 0 Å². The second-order valence-electron chi connectivity index (χ2n) is 4.58. The van der Waals surface area contributed by atoms with Gasteiger partial charge in [-0.1, -0.05) is 49.4 Å². The van der Waals surface area contributed by atoms with Crippen LogP contribution in [0.4, 0.5) is 4.39 Å². The fraction of sp³-hybridized carbons (Fsp3) is 0.235. The highest BCUT2D eigenvalue weighted by molar-refractivity contribution is 5.73. The molecule has 0 amide bonds. The molecule has 0 fully saturated rings. The largest absolute Gasteiger partial charge is 0.465 e. The Morgan fingerprint density at radius 3 is 2.55 bits per heavy atom. The van der Waals surface area contributed by atoms with Gasteiger partial charge in [-0.25, -0.2) is 4.39 Å². The van der Waals surface area contributed by atoms with Gasteiger partial charge in [0.25, 0.3) is 0 Å². The minimum absolute atomic E-state index is 0.103. The molecule has 3 heteroatoms. The number of esters is 1. The normalized spacial score (nSPS) is 10.3. The molecule has 0 aromatic heterocycles. The van der Waals surface area contributed by atoms with Gasteiger partial charge in [0.05, 0.1) is 13.0 Å². The van der Waals surface area contributed by atoms with E-state index >= 15 is 0 Å². The van der Waals surface area contributed by atoms with E-state index in [1.807, 2.05) is 37.3 Å². The van der Waals surface area contributed by atoms with Crippen LogP contribution in [-0.2, 0) is 16.0 Å². The number of rotatable bonds is 5. The van der Waals surface area contributed by atoms with Gasteiger partial charge in [0, 0.05) is 5.56 Å². The number of hydrogen-bond acceptors (Lipinski definition) is 2. The molecule has 2 nitrogen and oxygen atoms in total. The average molecular weight is 272 g/mol. The van der Waals surface area contributed by atoms with E-state index in [9.17, 15) is 9.18 Å². The molecular weight excluding hydrogens is 255 g/mol. The van der Waals surface area contributed by atoms with Crippen LogP contribution in [0.2, 0.25) is 0 Å². The highest BCUT2D eigenvalue weighted by Crippen LogP contribution is 2.23. The van der Waals surface area contributed by atoms with Gasteiger partial charge < -0.3 is 4.74 Å². The summed E-state index contributed by atoms with van der Waals surface area (Å²) in [4.78, 5) is 11.5. The number of ether oxygens (including phenoxy) is 1. The Hall–Kier alpha value is -2.16. The molecule has 2 aromatic rings. The SMILES string of the molecule is CCCOC(=O)Cc1ccc(-c2ccccc2)c(F)c1. The Kier molecular flexibility index (Phi) is 4.88. The predicted octanol–water partition coefficient (Wildman–Crippen LogP) is 3.99. The van der Waals surface area contributed by atoms with Gasteiger partial charge in [0.2, 0.25) is 0 Å². The van der Waals surface area contributed by atoms with Gasteiger partial charge in [-0.2, -0.15) is 0 Å². The monoisotopic (exact) mass is 272 g/mol. The van der Waals surface area contributed by atoms with Crippen LogP contribution in [-0.4, -0.2) is 12.6 Å². The molecule has 20 heavy (non-hydrogen) atoms. The van der Waals surface area contributed by atoms with Crippen molar-refractivity contribution < 1.29 is 13.9 Å². The van der Waals surface area contributed by atoms with Crippen LogP contribution in [0.15, 0.2) is 48.5 Å². The van der Waals surface area contributed by atoms with Gasteiger partial charge >= 0.3 is 5.97 Å². The Balaban J connectivity index is 2.12. The zero-order chi connectivity index (χ0) is 14.4. The molecule has 0 saturated heterocycles. The molecule has 0 unspecified atom stereocenters. The van der Waals surface area contributed by atoms with Crippen LogP contribution in [0.5, 0.6) is 0 Å². The number of carbonyl (C=O) groups excluding carboxylic acids is 1. The highest BCUT2D eigenvalue weighted by atomic mass is 19.1. The van der Waals surface area contributed by atoms with Gasteiger partial charge in [0.15, 0.2) is 0 Å². The van der Waals surface area contributed by atoms with Crippen molar-refractivity contribution in [3.8, 4) is 11.1 Å². The first-order valence-corrected chi connectivity index (χ1v) is 6.70. The summed E-state index contributed by atoms with van der Waals surface area (Å²) in [7, 11) is 0. The zero-order valence-electron chi connectivity index (χ0n) is 11.4. The van der Waals surface area contributed by atoms with E-state index in [0.29, 0.717) is 17.7 Å². The zero-order valence-corrected chi connectivity index (χ0v) is 11.4. The molecule has 0 aliphatic rings. The molecule has 0 bridgehead atoms. The molecule has 2 rings (SSSR count). The Bertz CT molecular complexity index is 579. The number of carbonyl (C=O) groups is 1. The first-order valence-electron chi connectivity index (χ1n) is 6.70. The van der Waals surface area contributed by atoms with E-state index in [1.54, 1.807) is 12.1 Å². The van der Waals surface area contributed by atoms with Crippen molar-refractivity contribution in [2.45, 2.75) is 19.8 Å². The summed E-state index contributed by atoms with van der Waals surface area (Å²) in [6, 6.07) is 14.2. The smallest absolute Gasteiger partial charge is 0.310 e. The number of hydrogen-bond donors (Lipinski definition) is 0. The molecule has 2 aromatic carbocycles. The minimum atomic E-state index is -0.322. The number of benzene rings is 2. The average Bonchev–Trinajstić information content (AvgIpc) is 2.46. The quantitative estimate of drug-likeness (QED) is 0.769. The van der Waals surface area contributed by atoms with Crippen LogP contribution in [0.3, 0.4) is 0 Å². The van der Waals surface area contributed by atoms with Crippen molar-refractivity contribution in [2.24, 2.45) is 0 Å². The van der Waals surface area contributed by atoms with E-state index in [1.165, 1.54) is 6.07 Å². The second-order valence-corrected chi connectivity index (χ2v) is 4.58. The lowest BCUT2D eigenvalue weighted by Crippen LogP contribution is -2.08. The molecule has 0 aliphatic carbocycles. The van der Waals surface area contributed by atoms with Crippen molar-refractivity contribution in [1.29, 1.82) is 0 Å². The van der Waals surface area contributed by atoms with Crippen LogP contribution in [0, 0.1) is 5.82 Å². The van der Waals surface area contributed by atoms with E-state index in [0.717, 1.165) is 12.0 Å². The molecule has 0 radical (unpaired) electrons. The van der Waals surface area contributed by atoms with Crippen molar-refractivity contribution in [3.05, 3.63) is 59.9 Å². The highest BCUT2D eigenvalue weighted by Gasteiger charge is 2.09. The van der Waals surface area contributed by atoms with Gasteiger partial charge in [-0.3, -0.25) is 4.79 Å². The third-order valence-electron chi connectivity index (χ3n) is 2.93. The predicted molar refractivity (Wildman–Crippen MR) is 76.8 cm³/mol. The molecular formula is C17H17FO2. The maximum Gasteiger partial charge on any atom is 0.310 e. The molecule has 0 spiro atoms. The van der Waals surface area contributed by atoms with Crippen LogP contribution < -0.4 is 0 Å². The maximum absolute atomic E-state index is 14.1. The fourth-order valence-electron chi connectivity index (χ4n) is 1.95. The Labute approximate surface area is 118 Å². The van der Waals surface area contributed by atoms with Crippen LogP contribution in [0.25, 0.3) is 11.1 Å². The summed E-state index contributed by atoms with van der Waals surface area (Å²) >= 11 is 0. The van der Waals surface area contributed by atoms with Crippen molar-refractivity contribution >= 4 is 5.97 Å². The molecule has 0 aliphatic heterocycles. The standard InChI is InChI=1S/C17H17FO2/c1-2-10-20-17(19)12-13-8-9-15(16(18)11-13)14-6-4-3-5-7-14/h3-9,11H,2,10,12H2,1H3. The van der Waals surface area contributed by atoms with E-state index in [-0.39, 0.29) is 18.2 Å². The molecule has 0 N–H and O–H groups in total. The van der Waals surface area contributed by atoms with E-state index < -0.39 is 0 Å². The van der Waals surface area contributed by atoms with Crippen molar-refractivity contribution in [3.63, 3.8) is 0 Å². The fourth-order valence-corrected chi connectivity index (χ4v) is 1.95. The topological polar surface area (TPSA) is 26.3 Å². The first-order chi connectivity index (χ1) is 9.70. The molecule has 0 atom stereocenters. The van der Waals surface area contributed by atoms with Crippen molar-refractivity contribution in [2.75, 3.05) is 6.61 Å². The molecule has 104 valence electrons. The summed E-state index contributed by atoms with van der Waals surface area (Å²) in [6.45, 7) is 2.34. The maximum atomic E-state index is 14.1. The third-order valence-corrected chi connectivity index (χ3v) is 2.93. The molecule has 0 saturated carbocycles. The summed E-state index contributed by atoms with van der Waals surface area (Å²) in [6.07, 6.45) is 0.888. The van der Waals surface area contributed by atoms with E-state index in [4.69, 9.17) is 4.74 Å². The Morgan fingerprint density at radius 2 is 1.90 bits per heavy atom. The van der Waals surface area contributed by atoms with E-state index in [2.05, 4.69) is 0 Å². The number of halogens is 1. The van der Waals surface area contributed by atoms with Crippen LogP contribution in [0.1, 0.15) is 18.9 Å². The lowest BCUT2D eigenvalue weighted by atomic mass is 10.0. The summed E-state index contributed by atoms with van der Waals surface area (Å²) in [5, 5.41) is 0. The van der Waals surface area contributed by atoms with Gasteiger partial charge in [-0.05, 0) is 23.6 Å². The Morgan fingerprint density at radius 1 is 1.15 bits per heavy atom. The van der Waals surface area contributed by atoms with Crippen molar-refractivity contribution in [1.82, 2.24) is 0 Å². The third kappa shape index (κ3) is 3.67. The minimum Gasteiger partial charge on any atom is -0.465 e. The lowest BCUT2D eigenvalue weighted by Gasteiger charge is -2.07. The lowest BCUT2D eigenvalue weighted by molar-refractivity contribution is -0.142. The first kappa shape index (κ1) is 14.3.